The highest BCUT2D eigenvalue weighted by Gasteiger charge is 2.15. The van der Waals surface area contributed by atoms with Crippen LogP contribution in [0.4, 0.5) is 0 Å². The molecule has 0 atom stereocenters. The molecule has 0 heteroatoms. The van der Waals surface area contributed by atoms with Gasteiger partial charge in [0.2, 0.25) is 0 Å². The van der Waals surface area contributed by atoms with Gasteiger partial charge < -0.3 is 0 Å². The Morgan fingerprint density at radius 1 is 0.321 bits per heavy atom. The Hall–Kier alpha value is -3.64. The van der Waals surface area contributed by atoms with E-state index in [-0.39, 0.29) is 0 Å². The van der Waals surface area contributed by atoms with Crippen LogP contribution in [0.3, 0.4) is 0 Å². The first-order valence-electron chi connectivity index (χ1n) is 9.39. The second-order valence-electron chi connectivity index (χ2n) is 6.21. The summed E-state index contributed by atoms with van der Waals surface area (Å²) >= 11 is 0. The van der Waals surface area contributed by atoms with E-state index in [4.69, 9.17) is 0 Å². The monoisotopic (exact) mass is 360 g/mol. The van der Waals surface area contributed by atoms with E-state index in [2.05, 4.69) is 134 Å². The molecule has 0 saturated carbocycles. The van der Waals surface area contributed by atoms with Gasteiger partial charge in [-0.25, -0.2) is 0 Å². The number of benzene rings is 4. The first kappa shape index (κ1) is 19.1. The molecule has 0 bridgehead atoms. The Kier molecular flexibility index (Phi) is 6.76. The molecule has 4 aromatic rings. The highest BCUT2D eigenvalue weighted by atomic mass is 14.2. The van der Waals surface area contributed by atoms with Crippen molar-refractivity contribution in [2.45, 2.75) is 0 Å². The van der Waals surface area contributed by atoms with Crippen LogP contribution in [-0.4, -0.2) is 0 Å². The minimum Gasteiger partial charge on any atom is -0.106 e. The molecule has 0 spiro atoms. The zero-order valence-electron chi connectivity index (χ0n) is 16.0. The lowest BCUT2D eigenvalue weighted by atomic mass is 9.86. The van der Waals surface area contributed by atoms with Crippen molar-refractivity contribution in [1.82, 2.24) is 0 Å². The summed E-state index contributed by atoms with van der Waals surface area (Å²) in [6.07, 6.45) is 0. The van der Waals surface area contributed by atoms with Crippen LogP contribution in [0.5, 0.6) is 0 Å². The van der Waals surface area contributed by atoms with Crippen molar-refractivity contribution in [2.24, 2.45) is 0 Å². The third-order valence-corrected chi connectivity index (χ3v) is 4.50. The largest absolute Gasteiger partial charge is 0.106 e. The summed E-state index contributed by atoms with van der Waals surface area (Å²) in [6.45, 7) is 6.00. The van der Waals surface area contributed by atoms with Crippen LogP contribution in [0, 0.1) is 0 Å². The lowest BCUT2D eigenvalue weighted by Gasteiger charge is -2.18. The first-order valence-corrected chi connectivity index (χ1v) is 9.39. The second kappa shape index (κ2) is 9.89. The highest BCUT2D eigenvalue weighted by molar-refractivity contribution is 6.04. The fraction of sp³-hybridized carbons (Fsp3) is 0. The van der Waals surface area contributed by atoms with Gasteiger partial charge in [-0.15, -0.1) is 13.2 Å². The van der Waals surface area contributed by atoms with Crippen molar-refractivity contribution in [3.8, 4) is 0 Å². The average Bonchev–Trinajstić information content (AvgIpc) is 2.81. The second-order valence-corrected chi connectivity index (χ2v) is 6.21. The predicted octanol–water partition coefficient (Wildman–Crippen LogP) is 7.50. The lowest BCUT2D eigenvalue weighted by Crippen LogP contribution is -1.97. The van der Waals surface area contributed by atoms with Gasteiger partial charge >= 0.3 is 0 Å². The smallest absolute Gasteiger partial charge is 0.00268 e. The van der Waals surface area contributed by atoms with Crippen LogP contribution in [0.25, 0.3) is 11.1 Å². The molecule has 0 aliphatic carbocycles. The van der Waals surface area contributed by atoms with E-state index in [1.165, 1.54) is 33.4 Å². The molecule has 0 aliphatic heterocycles. The number of hydrogen-bond acceptors (Lipinski definition) is 0. The molecule has 0 aliphatic rings. The zero-order valence-corrected chi connectivity index (χ0v) is 16.0. The van der Waals surface area contributed by atoms with Gasteiger partial charge in [0.15, 0.2) is 0 Å². The van der Waals surface area contributed by atoms with Gasteiger partial charge in [0.25, 0.3) is 0 Å². The van der Waals surface area contributed by atoms with Crippen LogP contribution in [0.2, 0.25) is 0 Å². The van der Waals surface area contributed by atoms with Crippen molar-refractivity contribution < 1.29 is 0 Å². The van der Waals surface area contributed by atoms with Gasteiger partial charge in [0.05, 0.1) is 0 Å². The van der Waals surface area contributed by atoms with E-state index in [0.29, 0.717) is 0 Å². The van der Waals surface area contributed by atoms with E-state index in [0.717, 1.165) is 0 Å². The summed E-state index contributed by atoms with van der Waals surface area (Å²) in [5.74, 6) is 0. The summed E-state index contributed by atoms with van der Waals surface area (Å²) in [5.41, 5.74) is 7.40. The summed E-state index contributed by atoms with van der Waals surface area (Å²) in [4.78, 5) is 0. The van der Waals surface area contributed by atoms with Crippen molar-refractivity contribution in [3.05, 3.63) is 157 Å². The van der Waals surface area contributed by atoms with Crippen molar-refractivity contribution >= 4 is 11.1 Å². The van der Waals surface area contributed by atoms with E-state index in [1.807, 2.05) is 0 Å². The van der Waals surface area contributed by atoms with E-state index < -0.39 is 0 Å². The number of rotatable bonds is 4. The fourth-order valence-electron chi connectivity index (χ4n) is 3.33. The molecule has 0 unspecified atom stereocenters. The fourth-order valence-corrected chi connectivity index (χ4v) is 3.33. The standard InChI is InChI=1S/C26H20.C2H4/c1-5-13-21(14-6-1)25(22-15-7-2-8-16-22)26(23-17-9-3-10-18-23)24-19-11-4-12-20-24;1-2/h1-20H;1-2H2. The quantitative estimate of drug-likeness (QED) is 0.261. The van der Waals surface area contributed by atoms with E-state index in [9.17, 15) is 0 Å². The van der Waals surface area contributed by atoms with Crippen molar-refractivity contribution in [1.29, 1.82) is 0 Å². The molecule has 136 valence electrons. The first-order chi connectivity index (χ1) is 13.9. The zero-order chi connectivity index (χ0) is 19.6. The molecule has 28 heavy (non-hydrogen) atoms. The molecule has 4 aromatic carbocycles. The van der Waals surface area contributed by atoms with Gasteiger partial charge in [0.1, 0.15) is 0 Å². The maximum atomic E-state index is 3.00. The van der Waals surface area contributed by atoms with Crippen molar-refractivity contribution in [2.75, 3.05) is 0 Å². The number of hydrogen-bond donors (Lipinski definition) is 0. The van der Waals surface area contributed by atoms with Crippen LogP contribution in [0.1, 0.15) is 22.3 Å². The van der Waals surface area contributed by atoms with Gasteiger partial charge in [-0.3, -0.25) is 0 Å². The van der Waals surface area contributed by atoms with Gasteiger partial charge in [-0.1, -0.05) is 121 Å². The molecule has 4 rings (SSSR count). The molecule has 0 heterocycles. The molecule has 0 nitrogen and oxygen atoms in total. The molecule has 0 radical (unpaired) electrons. The molecular formula is C28H24. The molecule has 0 aromatic heterocycles. The Morgan fingerprint density at radius 3 is 0.679 bits per heavy atom. The lowest BCUT2D eigenvalue weighted by molar-refractivity contribution is 1.50. The molecule has 0 fully saturated rings. The topological polar surface area (TPSA) is 0 Å². The van der Waals surface area contributed by atoms with E-state index in [1.54, 1.807) is 0 Å². The van der Waals surface area contributed by atoms with Crippen LogP contribution in [0.15, 0.2) is 134 Å². The summed E-state index contributed by atoms with van der Waals surface area (Å²) in [5, 5.41) is 0. The third kappa shape index (κ3) is 4.36. The normalized spacial score (nSPS) is 9.71. The maximum absolute atomic E-state index is 3.00. The van der Waals surface area contributed by atoms with Gasteiger partial charge in [-0.2, -0.15) is 0 Å². The minimum atomic E-state index is 1.22. The summed E-state index contributed by atoms with van der Waals surface area (Å²) in [6, 6.07) is 42.6. The summed E-state index contributed by atoms with van der Waals surface area (Å²) in [7, 11) is 0. The molecular weight excluding hydrogens is 336 g/mol. The average molecular weight is 361 g/mol. The molecule has 0 N–H and O–H groups in total. The predicted molar refractivity (Wildman–Crippen MR) is 122 cm³/mol. The molecule has 0 saturated heterocycles. The summed E-state index contributed by atoms with van der Waals surface area (Å²) < 4.78 is 0. The minimum absolute atomic E-state index is 1.22. The van der Waals surface area contributed by atoms with Crippen molar-refractivity contribution in [3.63, 3.8) is 0 Å². The van der Waals surface area contributed by atoms with Crippen LogP contribution < -0.4 is 0 Å². The Morgan fingerprint density at radius 2 is 0.500 bits per heavy atom. The SMILES string of the molecule is C=C.c1ccc(C(=C(c2ccccc2)c2ccccc2)c2ccccc2)cc1. The van der Waals surface area contributed by atoms with Crippen LogP contribution in [-0.2, 0) is 0 Å². The van der Waals surface area contributed by atoms with Crippen LogP contribution >= 0.6 is 0 Å². The van der Waals surface area contributed by atoms with Gasteiger partial charge in [-0.05, 0) is 33.4 Å². The third-order valence-electron chi connectivity index (χ3n) is 4.50. The van der Waals surface area contributed by atoms with E-state index >= 15 is 0 Å². The Bertz CT molecular complexity index is 831. The Balaban J connectivity index is 0.00000109. The Labute approximate surface area is 168 Å². The highest BCUT2D eigenvalue weighted by Crippen LogP contribution is 2.36. The maximum Gasteiger partial charge on any atom is -0.00268 e. The van der Waals surface area contributed by atoms with Gasteiger partial charge in [0, 0.05) is 0 Å². The molecule has 0 amide bonds.